The van der Waals surface area contributed by atoms with Crippen molar-refractivity contribution in [3.63, 3.8) is 0 Å². The molecule has 1 spiro atoms. The van der Waals surface area contributed by atoms with Gasteiger partial charge in [0.05, 0.1) is 11.2 Å². The van der Waals surface area contributed by atoms with Crippen molar-refractivity contribution >= 4 is 10.9 Å². The number of phenols is 1. The van der Waals surface area contributed by atoms with E-state index in [9.17, 15) is 5.11 Å². The van der Waals surface area contributed by atoms with Crippen molar-refractivity contribution in [1.29, 1.82) is 0 Å². The fourth-order valence-electron chi connectivity index (χ4n) is 7.56. The minimum Gasteiger partial charge on any atom is -0.504 e. The SMILES string of the molecule is CN1CC[C@]23c4c5ccc(O)c4O[C@H]2c2ncc(-c4ccnc6ccccc46)cc2C[C@H]3[C@@H]1C5. The van der Waals surface area contributed by atoms with Gasteiger partial charge in [-0.1, -0.05) is 24.3 Å². The number of pyridine rings is 2. The van der Waals surface area contributed by atoms with Crippen molar-refractivity contribution in [2.75, 3.05) is 13.6 Å². The van der Waals surface area contributed by atoms with E-state index in [0.29, 0.717) is 17.7 Å². The molecular formula is C29H25N3O2. The molecule has 2 aromatic heterocycles. The average Bonchev–Trinajstić information content (AvgIpc) is 3.22. The third-order valence-corrected chi connectivity index (χ3v) is 9.04. The minimum absolute atomic E-state index is 0.0935. The third kappa shape index (κ3) is 2.19. The van der Waals surface area contributed by atoms with Gasteiger partial charge < -0.3 is 14.7 Å². The van der Waals surface area contributed by atoms with Crippen LogP contribution in [0.3, 0.4) is 0 Å². The smallest absolute Gasteiger partial charge is 0.166 e. The number of piperidine rings is 1. The number of nitrogens with zero attached hydrogens (tertiary/aromatic N) is 3. The lowest BCUT2D eigenvalue weighted by Crippen LogP contribution is -2.62. The molecule has 1 fully saturated rings. The predicted molar refractivity (Wildman–Crippen MR) is 130 cm³/mol. The zero-order chi connectivity index (χ0) is 22.6. The van der Waals surface area contributed by atoms with Crippen molar-refractivity contribution in [3.05, 3.63) is 83.3 Å². The van der Waals surface area contributed by atoms with Crippen LogP contribution in [0.2, 0.25) is 0 Å². The third-order valence-electron chi connectivity index (χ3n) is 9.04. The molecule has 2 aliphatic heterocycles. The molecule has 2 bridgehead atoms. The van der Waals surface area contributed by atoms with E-state index < -0.39 is 0 Å². The number of likely N-dealkylation sites (N-methyl/N-ethyl adjacent to an activating group) is 1. The molecule has 4 heterocycles. The summed E-state index contributed by atoms with van der Waals surface area (Å²) >= 11 is 0. The summed E-state index contributed by atoms with van der Waals surface area (Å²) in [5.41, 5.74) is 8.13. The van der Waals surface area contributed by atoms with Crippen LogP contribution >= 0.6 is 0 Å². The van der Waals surface area contributed by atoms with Crippen LogP contribution in [-0.2, 0) is 18.3 Å². The summed E-state index contributed by atoms with van der Waals surface area (Å²) in [7, 11) is 2.27. The van der Waals surface area contributed by atoms with E-state index in [0.717, 1.165) is 53.5 Å². The number of fused-ring (bicyclic) bond motifs is 3. The largest absolute Gasteiger partial charge is 0.504 e. The molecule has 0 unspecified atom stereocenters. The van der Waals surface area contributed by atoms with E-state index >= 15 is 0 Å². The zero-order valence-electron chi connectivity index (χ0n) is 19.0. The number of para-hydroxylation sites is 1. The van der Waals surface area contributed by atoms with Crippen LogP contribution in [0.25, 0.3) is 22.0 Å². The summed E-state index contributed by atoms with van der Waals surface area (Å²) < 4.78 is 6.65. The van der Waals surface area contributed by atoms with Gasteiger partial charge in [-0.15, -0.1) is 0 Å². The molecule has 1 N–H and O–H groups in total. The van der Waals surface area contributed by atoms with E-state index in [-0.39, 0.29) is 17.3 Å². The second-order valence-corrected chi connectivity index (χ2v) is 10.4. The van der Waals surface area contributed by atoms with Crippen molar-refractivity contribution in [2.45, 2.75) is 36.8 Å². The Kier molecular flexibility index (Phi) is 3.54. The number of phenolic OH excluding ortho intramolecular Hbond substituents is 1. The van der Waals surface area contributed by atoms with Gasteiger partial charge in [0, 0.05) is 40.4 Å². The van der Waals surface area contributed by atoms with E-state index in [1.54, 1.807) is 0 Å². The number of ether oxygens (including phenoxy) is 1. The van der Waals surface area contributed by atoms with Crippen LogP contribution in [0.1, 0.15) is 34.9 Å². The van der Waals surface area contributed by atoms with E-state index in [4.69, 9.17) is 9.72 Å². The van der Waals surface area contributed by atoms with Crippen molar-refractivity contribution in [3.8, 4) is 22.6 Å². The Bertz CT molecular complexity index is 1510. The predicted octanol–water partition coefficient (Wildman–Crippen LogP) is 4.81. The molecule has 4 atom stereocenters. The summed E-state index contributed by atoms with van der Waals surface area (Å²) in [5, 5.41) is 11.9. The van der Waals surface area contributed by atoms with Gasteiger partial charge in [-0.25, -0.2) is 0 Å². The minimum atomic E-state index is -0.136. The van der Waals surface area contributed by atoms with Crippen molar-refractivity contribution in [1.82, 2.24) is 14.9 Å². The van der Waals surface area contributed by atoms with Crippen LogP contribution in [0, 0.1) is 5.92 Å². The number of rotatable bonds is 1. The Hall–Kier alpha value is -3.44. The zero-order valence-corrected chi connectivity index (χ0v) is 19.0. The van der Waals surface area contributed by atoms with Gasteiger partial charge in [0.15, 0.2) is 17.6 Å². The standard InChI is InChI=1S/C29H25N3O2/c1-32-11-9-29-21-13-17-12-18(19-8-10-30-22-5-3-2-4-20(19)22)15-31-26(17)28(29)34-27-24(33)7-6-16(25(27)29)14-23(21)32/h2-8,10,12,15,21,23,28,33H,9,11,13-14H2,1H3/t21-,23-,28-,29-/m0/s1. The molecule has 168 valence electrons. The number of aromatic hydroxyl groups is 1. The first kappa shape index (κ1) is 18.9. The normalized spacial score (nSPS) is 28.3. The number of aromatic nitrogens is 2. The highest BCUT2D eigenvalue weighted by Crippen LogP contribution is 2.66. The second-order valence-electron chi connectivity index (χ2n) is 10.4. The van der Waals surface area contributed by atoms with Gasteiger partial charge in [-0.05, 0) is 79.7 Å². The molecule has 5 nitrogen and oxygen atoms in total. The molecule has 4 aromatic rings. The van der Waals surface area contributed by atoms with Crippen LogP contribution in [-0.4, -0.2) is 39.6 Å². The molecule has 34 heavy (non-hydrogen) atoms. The number of hydrogen-bond donors (Lipinski definition) is 1. The molecule has 2 aromatic carbocycles. The van der Waals surface area contributed by atoms with Gasteiger partial charge in [0.1, 0.15) is 0 Å². The monoisotopic (exact) mass is 447 g/mol. The maximum Gasteiger partial charge on any atom is 0.166 e. The molecule has 5 heteroatoms. The lowest BCUT2D eigenvalue weighted by atomic mass is 9.51. The number of benzene rings is 2. The van der Waals surface area contributed by atoms with Gasteiger partial charge >= 0.3 is 0 Å². The summed E-state index contributed by atoms with van der Waals surface area (Å²) in [5.74, 6) is 1.42. The van der Waals surface area contributed by atoms with Gasteiger partial charge in [-0.3, -0.25) is 9.97 Å². The Morgan fingerprint density at radius 3 is 2.91 bits per heavy atom. The molecule has 2 aliphatic carbocycles. The molecule has 0 radical (unpaired) electrons. The molecule has 1 saturated heterocycles. The van der Waals surface area contributed by atoms with Gasteiger partial charge in [0.2, 0.25) is 0 Å². The first-order valence-corrected chi connectivity index (χ1v) is 12.2. The van der Waals surface area contributed by atoms with E-state index in [1.165, 1.54) is 16.7 Å². The topological polar surface area (TPSA) is 58.5 Å². The summed E-state index contributed by atoms with van der Waals surface area (Å²) in [6.45, 7) is 1.05. The lowest BCUT2D eigenvalue weighted by molar-refractivity contribution is -0.0260. The quantitative estimate of drug-likeness (QED) is 0.454. The first-order valence-electron chi connectivity index (χ1n) is 12.2. The molecule has 4 aliphatic rings. The molecule has 0 amide bonds. The second kappa shape index (κ2) is 6.36. The highest BCUT2D eigenvalue weighted by molar-refractivity contribution is 5.94. The van der Waals surface area contributed by atoms with E-state index in [1.807, 2.05) is 24.5 Å². The maximum atomic E-state index is 10.7. The van der Waals surface area contributed by atoms with Crippen LogP contribution in [0.5, 0.6) is 11.5 Å². The van der Waals surface area contributed by atoms with Crippen LogP contribution < -0.4 is 4.74 Å². The molecule has 0 saturated carbocycles. The summed E-state index contributed by atoms with van der Waals surface area (Å²) in [6.07, 6.45) is 6.79. The number of hydrogen-bond acceptors (Lipinski definition) is 5. The lowest BCUT2D eigenvalue weighted by Gasteiger charge is -2.57. The first-order chi connectivity index (χ1) is 16.6. The maximum absolute atomic E-state index is 10.7. The number of likely N-dealkylation sites (tertiary alicyclic amines) is 1. The fourth-order valence-corrected chi connectivity index (χ4v) is 7.56. The fraction of sp³-hybridized carbons (Fsp3) is 0.310. The average molecular weight is 448 g/mol. The van der Waals surface area contributed by atoms with E-state index in [2.05, 4.69) is 53.3 Å². The Morgan fingerprint density at radius 1 is 1.06 bits per heavy atom. The van der Waals surface area contributed by atoms with Gasteiger partial charge in [0.25, 0.3) is 0 Å². The van der Waals surface area contributed by atoms with Crippen LogP contribution in [0.15, 0.2) is 60.9 Å². The Balaban J connectivity index is 1.34. The van der Waals surface area contributed by atoms with Crippen LogP contribution in [0.4, 0.5) is 0 Å². The van der Waals surface area contributed by atoms with Crippen molar-refractivity contribution in [2.24, 2.45) is 5.92 Å². The molecule has 8 rings (SSSR count). The Labute approximate surface area is 198 Å². The van der Waals surface area contributed by atoms with Gasteiger partial charge in [-0.2, -0.15) is 0 Å². The highest BCUT2D eigenvalue weighted by Gasteiger charge is 2.64. The highest BCUT2D eigenvalue weighted by atomic mass is 16.5. The summed E-state index contributed by atoms with van der Waals surface area (Å²) in [4.78, 5) is 12.1. The molecular weight excluding hydrogens is 422 g/mol. The van der Waals surface area contributed by atoms with Crippen molar-refractivity contribution < 1.29 is 9.84 Å². The Morgan fingerprint density at radius 2 is 1.97 bits per heavy atom. The summed E-state index contributed by atoms with van der Waals surface area (Å²) in [6, 6.07) is 17.1.